The summed E-state index contributed by atoms with van der Waals surface area (Å²) in [5.41, 5.74) is 11.1. The Balaban J connectivity index is 1.94. The number of hydrogen-bond donors (Lipinski definition) is 1. The van der Waals surface area contributed by atoms with Crippen molar-refractivity contribution in [2.45, 2.75) is 19.1 Å². The maximum absolute atomic E-state index is 6.81. The summed E-state index contributed by atoms with van der Waals surface area (Å²) in [6.45, 7) is 2.43. The number of halogens is 1. The van der Waals surface area contributed by atoms with Crippen LogP contribution in [0.2, 0.25) is 5.02 Å². The first-order valence-corrected chi connectivity index (χ1v) is 10.3. The Hall–Kier alpha value is -3.07. The quantitative estimate of drug-likeness (QED) is 0.280. The molecule has 0 bridgehead atoms. The van der Waals surface area contributed by atoms with E-state index in [0.29, 0.717) is 17.3 Å². The van der Waals surface area contributed by atoms with Gasteiger partial charge in [-0.05, 0) is 30.2 Å². The Morgan fingerprint density at radius 3 is 2.03 bits per heavy atom. The molecule has 0 saturated heterocycles. The van der Waals surface area contributed by atoms with E-state index < -0.39 is 5.60 Å². The highest BCUT2D eigenvalue weighted by molar-refractivity contribution is 6.31. The molecule has 0 saturated carbocycles. The molecule has 1 atom stereocenters. The van der Waals surface area contributed by atoms with E-state index in [9.17, 15) is 0 Å². The van der Waals surface area contributed by atoms with Crippen molar-refractivity contribution >= 4 is 17.3 Å². The molecule has 150 valence electrons. The predicted octanol–water partition coefficient (Wildman–Crippen LogP) is 6.74. The van der Waals surface area contributed by atoms with Crippen LogP contribution in [0.5, 0.6) is 0 Å². The molecule has 30 heavy (non-hydrogen) atoms. The highest BCUT2D eigenvalue weighted by Crippen LogP contribution is 2.44. The summed E-state index contributed by atoms with van der Waals surface area (Å²) >= 11 is 6.75. The fourth-order valence-electron chi connectivity index (χ4n) is 3.78. The zero-order chi connectivity index (χ0) is 21.0. The summed E-state index contributed by atoms with van der Waals surface area (Å²) in [4.78, 5) is 0. The van der Waals surface area contributed by atoms with Crippen molar-refractivity contribution in [2.24, 2.45) is 0 Å². The molecule has 2 nitrogen and oxygen atoms in total. The second kappa shape index (κ2) is 8.74. The third kappa shape index (κ3) is 3.85. The number of nitrogen functional groups attached to an aromatic ring is 1. The number of hydrogen-bond acceptors (Lipinski definition) is 2. The Morgan fingerprint density at radius 2 is 1.33 bits per heavy atom. The van der Waals surface area contributed by atoms with Gasteiger partial charge < -0.3 is 10.5 Å². The lowest BCUT2D eigenvalue weighted by Crippen LogP contribution is -2.33. The van der Waals surface area contributed by atoms with Crippen LogP contribution in [0.1, 0.15) is 27.8 Å². The van der Waals surface area contributed by atoms with E-state index >= 15 is 0 Å². The van der Waals surface area contributed by atoms with Gasteiger partial charge in [0.1, 0.15) is 5.60 Å². The monoisotopic (exact) mass is 413 g/mol. The van der Waals surface area contributed by atoms with E-state index in [1.807, 2.05) is 66.7 Å². The van der Waals surface area contributed by atoms with Crippen LogP contribution in [0.4, 0.5) is 5.69 Å². The van der Waals surface area contributed by atoms with Crippen molar-refractivity contribution in [3.05, 3.63) is 136 Å². The normalized spacial score (nSPS) is 13.0. The molecule has 4 aromatic carbocycles. The van der Waals surface area contributed by atoms with Gasteiger partial charge in [-0.2, -0.15) is 0 Å². The average Bonchev–Trinajstić information content (AvgIpc) is 2.78. The van der Waals surface area contributed by atoms with E-state index in [4.69, 9.17) is 22.1 Å². The minimum absolute atomic E-state index is 0.348. The van der Waals surface area contributed by atoms with Crippen molar-refractivity contribution < 1.29 is 4.74 Å². The fraction of sp³-hybridized carbons (Fsp3) is 0.111. The average molecular weight is 414 g/mol. The number of para-hydroxylation sites is 1. The van der Waals surface area contributed by atoms with Crippen molar-refractivity contribution in [2.75, 3.05) is 5.73 Å². The van der Waals surface area contributed by atoms with Crippen LogP contribution >= 0.6 is 11.6 Å². The molecule has 1 unspecified atom stereocenters. The van der Waals surface area contributed by atoms with Gasteiger partial charge in [-0.3, -0.25) is 0 Å². The zero-order valence-corrected chi connectivity index (χ0v) is 17.6. The largest absolute Gasteiger partial charge is 0.398 e. The standard InChI is InChI=1S/C27H24ClNO/c1-20-15-17-23(18-16-20)27(22-10-3-2-4-11-22,24-12-6-7-13-25(24)28)30-19-21-9-5-8-14-26(21)29/h2-18H,19,29H2,1H3. The summed E-state index contributed by atoms with van der Waals surface area (Å²) in [6.07, 6.45) is 0. The first kappa shape index (κ1) is 20.2. The highest BCUT2D eigenvalue weighted by Gasteiger charge is 2.39. The molecule has 2 N–H and O–H groups in total. The molecule has 0 heterocycles. The number of ether oxygens (including phenoxy) is 1. The van der Waals surface area contributed by atoms with E-state index in [1.54, 1.807) is 0 Å². The maximum atomic E-state index is 6.81. The number of benzene rings is 4. The van der Waals surface area contributed by atoms with Crippen molar-refractivity contribution in [1.29, 1.82) is 0 Å². The lowest BCUT2D eigenvalue weighted by molar-refractivity contribution is 0.000594. The second-order valence-corrected chi connectivity index (χ2v) is 7.79. The smallest absolute Gasteiger partial charge is 0.145 e. The molecule has 3 heteroatoms. The van der Waals surface area contributed by atoms with Gasteiger partial charge in [0, 0.05) is 21.8 Å². The van der Waals surface area contributed by atoms with E-state index in [-0.39, 0.29) is 0 Å². The Kier molecular flexibility index (Phi) is 5.89. The lowest BCUT2D eigenvalue weighted by Gasteiger charge is -2.36. The third-order valence-electron chi connectivity index (χ3n) is 5.39. The van der Waals surface area contributed by atoms with Crippen LogP contribution < -0.4 is 5.73 Å². The van der Waals surface area contributed by atoms with Gasteiger partial charge in [0.25, 0.3) is 0 Å². The highest BCUT2D eigenvalue weighted by atomic mass is 35.5. The SMILES string of the molecule is Cc1ccc(C(OCc2ccccc2N)(c2ccccc2)c2ccccc2Cl)cc1. The van der Waals surface area contributed by atoms with E-state index in [1.165, 1.54) is 5.56 Å². The predicted molar refractivity (Wildman–Crippen MR) is 125 cm³/mol. The summed E-state index contributed by atoms with van der Waals surface area (Å²) in [6, 6.07) is 34.3. The molecule has 0 radical (unpaired) electrons. The summed E-state index contributed by atoms with van der Waals surface area (Å²) < 4.78 is 6.81. The van der Waals surface area contributed by atoms with Gasteiger partial charge in [-0.15, -0.1) is 0 Å². The fourth-order valence-corrected chi connectivity index (χ4v) is 4.05. The van der Waals surface area contributed by atoms with Gasteiger partial charge in [0.2, 0.25) is 0 Å². The lowest BCUT2D eigenvalue weighted by atomic mass is 9.79. The van der Waals surface area contributed by atoms with E-state index in [0.717, 1.165) is 22.3 Å². The first-order chi connectivity index (χ1) is 14.6. The molecule has 0 aliphatic heterocycles. The van der Waals surface area contributed by atoms with Crippen LogP contribution in [0.25, 0.3) is 0 Å². The summed E-state index contributed by atoms with van der Waals surface area (Å²) in [5.74, 6) is 0. The summed E-state index contributed by atoms with van der Waals surface area (Å²) in [7, 11) is 0. The van der Waals surface area contributed by atoms with Gasteiger partial charge in [0.05, 0.1) is 6.61 Å². The number of aryl methyl sites for hydroxylation is 1. The number of anilines is 1. The van der Waals surface area contributed by atoms with Crippen LogP contribution in [-0.4, -0.2) is 0 Å². The van der Waals surface area contributed by atoms with Crippen molar-refractivity contribution in [1.82, 2.24) is 0 Å². The third-order valence-corrected chi connectivity index (χ3v) is 5.72. The molecule has 0 aliphatic rings. The molecule has 4 rings (SSSR count). The minimum atomic E-state index is -0.879. The zero-order valence-electron chi connectivity index (χ0n) is 16.9. The minimum Gasteiger partial charge on any atom is -0.398 e. The molecular weight excluding hydrogens is 390 g/mol. The molecule has 4 aromatic rings. The Bertz CT molecular complexity index is 1120. The Labute approximate surface area is 182 Å². The Morgan fingerprint density at radius 1 is 0.733 bits per heavy atom. The van der Waals surface area contributed by atoms with Crippen LogP contribution in [0.3, 0.4) is 0 Å². The molecule has 0 fully saturated rings. The van der Waals surface area contributed by atoms with Gasteiger partial charge in [0.15, 0.2) is 0 Å². The van der Waals surface area contributed by atoms with Crippen molar-refractivity contribution in [3.63, 3.8) is 0 Å². The molecule has 0 aliphatic carbocycles. The summed E-state index contributed by atoms with van der Waals surface area (Å²) in [5, 5.41) is 0.656. The molecule has 0 aromatic heterocycles. The van der Waals surface area contributed by atoms with Gasteiger partial charge in [-0.1, -0.05) is 108 Å². The van der Waals surface area contributed by atoms with Gasteiger partial charge >= 0.3 is 0 Å². The molecule has 0 amide bonds. The van der Waals surface area contributed by atoms with Crippen LogP contribution in [0, 0.1) is 6.92 Å². The first-order valence-electron chi connectivity index (χ1n) is 9.96. The van der Waals surface area contributed by atoms with Crippen LogP contribution in [0.15, 0.2) is 103 Å². The van der Waals surface area contributed by atoms with Gasteiger partial charge in [-0.25, -0.2) is 0 Å². The molecular formula is C27H24ClNO. The topological polar surface area (TPSA) is 35.2 Å². The van der Waals surface area contributed by atoms with Crippen LogP contribution in [-0.2, 0) is 16.9 Å². The second-order valence-electron chi connectivity index (χ2n) is 7.38. The van der Waals surface area contributed by atoms with Crippen molar-refractivity contribution in [3.8, 4) is 0 Å². The maximum Gasteiger partial charge on any atom is 0.145 e. The molecule has 0 spiro atoms. The number of nitrogens with two attached hydrogens (primary N) is 1. The number of rotatable bonds is 6. The van der Waals surface area contributed by atoms with E-state index in [2.05, 4.69) is 43.3 Å².